The van der Waals surface area contributed by atoms with Crippen molar-refractivity contribution in [3.05, 3.63) is 28.8 Å². The molecule has 104 valence electrons. The number of carboxylic acid groups (broad SMARTS) is 1. The number of carboxylic acids is 1. The minimum Gasteiger partial charge on any atom is -0.481 e. The van der Waals surface area contributed by atoms with Crippen LogP contribution < -0.4 is 11.1 Å². The summed E-state index contributed by atoms with van der Waals surface area (Å²) in [4.78, 5) is 22.5. The van der Waals surface area contributed by atoms with Crippen LogP contribution in [0, 0.1) is 5.92 Å². The van der Waals surface area contributed by atoms with Crippen LogP contribution in [0.5, 0.6) is 0 Å². The number of carbonyl (C=O) groups is 2. The van der Waals surface area contributed by atoms with Gasteiger partial charge in [-0.3, -0.25) is 9.59 Å². The molecule has 0 aliphatic rings. The molecule has 1 aromatic carbocycles. The first-order valence-electron chi connectivity index (χ1n) is 5.98. The van der Waals surface area contributed by atoms with Gasteiger partial charge in [-0.05, 0) is 24.1 Å². The van der Waals surface area contributed by atoms with Gasteiger partial charge in [-0.2, -0.15) is 0 Å². The first-order chi connectivity index (χ1) is 8.92. The van der Waals surface area contributed by atoms with Gasteiger partial charge >= 0.3 is 5.97 Å². The summed E-state index contributed by atoms with van der Waals surface area (Å²) in [6, 6.07) is 4.60. The zero-order valence-electron chi connectivity index (χ0n) is 10.6. The number of hydrogen-bond donors (Lipinski definition) is 3. The number of anilines is 1. The standard InChI is InChI=1S/C13H17ClN2O3/c1-2-8(3-12(17)18)7-16-13(19)9-4-10(14)6-11(15)5-9/h4-6,8H,2-3,7,15H2,1H3,(H,16,19)(H,17,18). The van der Waals surface area contributed by atoms with Crippen LogP contribution in [0.25, 0.3) is 0 Å². The number of hydrogen-bond acceptors (Lipinski definition) is 3. The molecule has 0 aliphatic carbocycles. The number of amides is 1. The predicted molar refractivity (Wildman–Crippen MR) is 74.2 cm³/mol. The van der Waals surface area contributed by atoms with Crippen LogP contribution in [0.2, 0.25) is 5.02 Å². The van der Waals surface area contributed by atoms with E-state index >= 15 is 0 Å². The number of nitrogen functional groups attached to an aromatic ring is 1. The van der Waals surface area contributed by atoms with Gasteiger partial charge in [-0.1, -0.05) is 24.9 Å². The number of rotatable bonds is 6. The summed E-state index contributed by atoms with van der Waals surface area (Å²) < 4.78 is 0. The predicted octanol–water partition coefficient (Wildman–Crippen LogP) is 2.15. The molecule has 0 bridgehead atoms. The molecule has 19 heavy (non-hydrogen) atoms. The lowest BCUT2D eigenvalue weighted by Gasteiger charge is -2.13. The van der Waals surface area contributed by atoms with Gasteiger partial charge < -0.3 is 16.2 Å². The third-order valence-electron chi connectivity index (χ3n) is 2.77. The third-order valence-corrected chi connectivity index (χ3v) is 2.99. The second-order valence-corrected chi connectivity index (χ2v) is 4.79. The Morgan fingerprint density at radius 2 is 2.11 bits per heavy atom. The van der Waals surface area contributed by atoms with Gasteiger partial charge in [0, 0.05) is 29.2 Å². The Morgan fingerprint density at radius 1 is 1.42 bits per heavy atom. The highest BCUT2D eigenvalue weighted by molar-refractivity contribution is 6.31. The SMILES string of the molecule is CCC(CNC(=O)c1cc(N)cc(Cl)c1)CC(=O)O. The number of nitrogens with one attached hydrogen (secondary N) is 1. The lowest BCUT2D eigenvalue weighted by atomic mass is 10.0. The molecule has 0 radical (unpaired) electrons. The van der Waals surface area contributed by atoms with Crippen molar-refractivity contribution in [1.82, 2.24) is 5.32 Å². The third kappa shape index (κ3) is 5.18. The van der Waals surface area contributed by atoms with Crippen molar-refractivity contribution in [3.63, 3.8) is 0 Å². The van der Waals surface area contributed by atoms with E-state index in [1.807, 2.05) is 6.92 Å². The normalized spacial score (nSPS) is 11.9. The van der Waals surface area contributed by atoms with E-state index in [4.69, 9.17) is 22.4 Å². The highest BCUT2D eigenvalue weighted by Crippen LogP contribution is 2.16. The minimum atomic E-state index is -0.868. The maximum absolute atomic E-state index is 11.9. The molecule has 0 saturated carbocycles. The van der Waals surface area contributed by atoms with E-state index in [2.05, 4.69) is 5.32 Å². The summed E-state index contributed by atoms with van der Waals surface area (Å²) in [5, 5.41) is 11.8. The van der Waals surface area contributed by atoms with Crippen molar-refractivity contribution in [2.45, 2.75) is 19.8 Å². The van der Waals surface area contributed by atoms with Gasteiger partial charge in [-0.25, -0.2) is 0 Å². The summed E-state index contributed by atoms with van der Waals surface area (Å²) in [6.07, 6.45) is 0.721. The molecular weight excluding hydrogens is 268 g/mol. The number of nitrogens with two attached hydrogens (primary N) is 1. The summed E-state index contributed by atoms with van der Waals surface area (Å²) in [5.41, 5.74) is 6.39. The Morgan fingerprint density at radius 3 is 2.63 bits per heavy atom. The second-order valence-electron chi connectivity index (χ2n) is 4.36. The fraction of sp³-hybridized carbons (Fsp3) is 0.385. The number of carbonyl (C=O) groups excluding carboxylic acids is 1. The van der Waals surface area contributed by atoms with Gasteiger partial charge in [-0.15, -0.1) is 0 Å². The second kappa shape index (κ2) is 6.99. The molecule has 0 aromatic heterocycles. The lowest BCUT2D eigenvalue weighted by molar-refractivity contribution is -0.138. The molecule has 6 heteroatoms. The Hall–Kier alpha value is -1.75. The van der Waals surface area contributed by atoms with Crippen LogP contribution in [-0.4, -0.2) is 23.5 Å². The Labute approximate surface area is 116 Å². The van der Waals surface area contributed by atoms with Crippen molar-refractivity contribution in [1.29, 1.82) is 0 Å². The molecule has 1 rings (SSSR count). The van der Waals surface area contributed by atoms with E-state index in [9.17, 15) is 9.59 Å². The summed E-state index contributed by atoms with van der Waals surface area (Å²) in [7, 11) is 0. The van der Waals surface area contributed by atoms with Crippen LogP contribution >= 0.6 is 11.6 Å². The Balaban J connectivity index is 2.61. The molecule has 1 unspecified atom stereocenters. The molecule has 0 heterocycles. The molecule has 4 N–H and O–H groups in total. The molecule has 1 aromatic rings. The minimum absolute atomic E-state index is 0.0362. The van der Waals surface area contributed by atoms with Crippen LogP contribution in [-0.2, 0) is 4.79 Å². The summed E-state index contributed by atoms with van der Waals surface area (Å²) >= 11 is 5.82. The van der Waals surface area contributed by atoms with Gasteiger partial charge in [0.2, 0.25) is 0 Å². The van der Waals surface area contributed by atoms with Crippen LogP contribution in [0.4, 0.5) is 5.69 Å². The highest BCUT2D eigenvalue weighted by atomic mass is 35.5. The summed E-state index contributed by atoms with van der Waals surface area (Å²) in [5.74, 6) is -1.26. The fourth-order valence-corrected chi connectivity index (χ4v) is 1.93. The van der Waals surface area contributed by atoms with E-state index in [-0.39, 0.29) is 18.2 Å². The van der Waals surface area contributed by atoms with E-state index in [0.29, 0.717) is 29.2 Å². The smallest absolute Gasteiger partial charge is 0.303 e. The van der Waals surface area contributed by atoms with E-state index in [0.717, 1.165) is 0 Å². The van der Waals surface area contributed by atoms with E-state index < -0.39 is 5.97 Å². The highest BCUT2D eigenvalue weighted by Gasteiger charge is 2.13. The van der Waals surface area contributed by atoms with Crippen molar-refractivity contribution in [3.8, 4) is 0 Å². The molecular formula is C13H17ClN2O3. The van der Waals surface area contributed by atoms with Crippen LogP contribution in [0.1, 0.15) is 30.1 Å². The Bertz CT molecular complexity index is 457. The van der Waals surface area contributed by atoms with Gasteiger partial charge in [0.25, 0.3) is 5.91 Å². The number of halogens is 1. The maximum atomic E-state index is 11.9. The topological polar surface area (TPSA) is 92.4 Å². The number of aliphatic carboxylic acids is 1. The molecule has 0 saturated heterocycles. The zero-order chi connectivity index (χ0) is 14.4. The van der Waals surface area contributed by atoms with E-state index in [1.165, 1.54) is 12.1 Å². The van der Waals surface area contributed by atoms with Crippen molar-refractivity contribution >= 4 is 29.2 Å². The largest absolute Gasteiger partial charge is 0.481 e. The average molecular weight is 285 g/mol. The monoisotopic (exact) mass is 284 g/mol. The molecule has 1 atom stereocenters. The average Bonchev–Trinajstić information content (AvgIpc) is 2.32. The fourth-order valence-electron chi connectivity index (χ4n) is 1.69. The maximum Gasteiger partial charge on any atom is 0.303 e. The molecule has 0 spiro atoms. The molecule has 0 fully saturated rings. The number of benzene rings is 1. The quantitative estimate of drug-likeness (QED) is 0.698. The van der Waals surface area contributed by atoms with Gasteiger partial charge in [0.05, 0.1) is 0 Å². The van der Waals surface area contributed by atoms with Gasteiger partial charge in [0.1, 0.15) is 0 Å². The first kappa shape index (κ1) is 15.3. The lowest BCUT2D eigenvalue weighted by Crippen LogP contribution is -2.30. The summed E-state index contributed by atoms with van der Waals surface area (Å²) in [6.45, 7) is 2.20. The zero-order valence-corrected chi connectivity index (χ0v) is 11.4. The van der Waals surface area contributed by atoms with Crippen molar-refractivity contribution in [2.24, 2.45) is 5.92 Å². The van der Waals surface area contributed by atoms with Gasteiger partial charge in [0.15, 0.2) is 0 Å². The van der Waals surface area contributed by atoms with Crippen molar-refractivity contribution in [2.75, 3.05) is 12.3 Å². The molecule has 5 nitrogen and oxygen atoms in total. The van der Waals surface area contributed by atoms with Crippen LogP contribution in [0.3, 0.4) is 0 Å². The molecule has 0 aliphatic heterocycles. The molecule has 1 amide bonds. The van der Waals surface area contributed by atoms with Crippen LogP contribution in [0.15, 0.2) is 18.2 Å². The van der Waals surface area contributed by atoms with E-state index in [1.54, 1.807) is 6.07 Å². The van der Waals surface area contributed by atoms with Crippen molar-refractivity contribution < 1.29 is 14.7 Å². The Kier molecular flexibility index (Phi) is 5.63. The first-order valence-corrected chi connectivity index (χ1v) is 6.36.